The smallest absolute Gasteiger partial charge is 0.438 e. The SMILES string of the molecule is C=CC(=O)OC1CCC(C(=O)OC(CS(=O)(=O)O)(C(F)(F)F)C(F)(F)F)CC1. The number of ether oxygens (including phenoxy) is 2. The number of hydrogen-bond donors (Lipinski definition) is 1. The lowest BCUT2D eigenvalue weighted by molar-refractivity contribution is -0.362. The van der Waals surface area contributed by atoms with Crippen LogP contribution < -0.4 is 0 Å². The number of alkyl halides is 6. The number of halogens is 6. The van der Waals surface area contributed by atoms with Crippen LogP contribution in [0.4, 0.5) is 26.3 Å². The summed E-state index contributed by atoms with van der Waals surface area (Å²) in [6, 6.07) is 0. The first kappa shape index (κ1) is 24.2. The van der Waals surface area contributed by atoms with Crippen molar-refractivity contribution >= 4 is 22.1 Å². The molecule has 1 aliphatic rings. The molecule has 1 fully saturated rings. The van der Waals surface area contributed by atoms with E-state index in [2.05, 4.69) is 11.3 Å². The summed E-state index contributed by atoms with van der Waals surface area (Å²) in [6.45, 7) is 3.15. The highest BCUT2D eigenvalue weighted by molar-refractivity contribution is 7.85. The highest BCUT2D eigenvalue weighted by atomic mass is 32.2. The van der Waals surface area contributed by atoms with Gasteiger partial charge in [0.05, 0.1) is 5.92 Å². The summed E-state index contributed by atoms with van der Waals surface area (Å²) in [5.41, 5.74) is -5.42. The minimum atomic E-state index is -6.37. The van der Waals surface area contributed by atoms with Crippen LogP contribution in [0.3, 0.4) is 0 Å². The number of hydrogen-bond acceptors (Lipinski definition) is 6. The molecular weight excluding hydrogens is 426 g/mol. The molecule has 0 radical (unpaired) electrons. The van der Waals surface area contributed by atoms with Crippen LogP contribution in [0.1, 0.15) is 25.7 Å². The molecule has 1 aliphatic carbocycles. The van der Waals surface area contributed by atoms with E-state index in [1.54, 1.807) is 0 Å². The van der Waals surface area contributed by atoms with Crippen LogP contribution in [0.15, 0.2) is 12.7 Å². The van der Waals surface area contributed by atoms with Crippen molar-refractivity contribution < 1.29 is 58.4 Å². The van der Waals surface area contributed by atoms with Gasteiger partial charge in [0.25, 0.3) is 10.1 Å². The minimum Gasteiger partial charge on any atom is -0.459 e. The van der Waals surface area contributed by atoms with Crippen LogP contribution in [0.25, 0.3) is 0 Å². The number of esters is 2. The Hall–Kier alpha value is -1.83. The van der Waals surface area contributed by atoms with Gasteiger partial charge in [-0.1, -0.05) is 6.58 Å². The molecule has 14 heteroatoms. The maximum Gasteiger partial charge on any atom is 0.438 e. The van der Waals surface area contributed by atoms with E-state index < -0.39 is 57.8 Å². The minimum absolute atomic E-state index is 0.0390. The van der Waals surface area contributed by atoms with Gasteiger partial charge in [0.15, 0.2) is 0 Å². The highest BCUT2D eigenvalue weighted by Crippen LogP contribution is 2.47. The zero-order valence-corrected chi connectivity index (χ0v) is 14.9. The van der Waals surface area contributed by atoms with Crippen molar-refractivity contribution in [2.45, 2.75) is 49.7 Å². The van der Waals surface area contributed by atoms with E-state index >= 15 is 0 Å². The second-order valence-electron chi connectivity index (χ2n) is 6.08. The van der Waals surface area contributed by atoms with E-state index in [1.807, 2.05) is 0 Å². The molecule has 0 amide bonds. The van der Waals surface area contributed by atoms with Crippen molar-refractivity contribution in [3.8, 4) is 0 Å². The van der Waals surface area contributed by atoms with Gasteiger partial charge in [-0.25, -0.2) is 4.79 Å². The van der Waals surface area contributed by atoms with E-state index in [0.717, 1.165) is 6.08 Å². The predicted molar refractivity (Wildman–Crippen MR) is 79.4 cm³/mol. The summed E-state index contributed by atoms with van der Waals surface area (Å²) < 4.78 is 117. The molecule has 0 heterocycles. The monoisotopic (exact) mass is 442 g/mol. The van der Waals surface area contributed by atoms with Gasteiger partial charge in [-0.2, -0.15) is 34.8 Å². The maximum atomic E-state index is 13.1. The van der Waals surface area contributed by atoms with Crippen LogP contribution in [0.2, 0.25) is 0 Å². The van der Waals surface area contributed by atoms with Crippen molar-refractivity contribution in [1.82, 2.24) is 0 Å². The molecule has 0 unspecified atom stereocenters. The molecule has 1 rings (SSSR count). The maximum absolute atomic E-state index is 13.1. The molecule has 1 N–H and O–H groups in total. The van der Waals surface area contributed by atoms with Crippen molar-refractivity contribution in [1.29, 1.82) is 0 Å². The fourth-order valence-corrected chi connectivity index (χ4v) is 3.51. The van der Waals surface area contributed by atoms with Gasteiger partial charge in [0, 0.05) is 6.08 Å². The molecule has 0 aromatic carbocycles. The molecule has 162 valence electrons. The average molecular weight is 442 g/mol. The summed E-state index contributed by atoms with van der Waals surface area (Å²) in [7, 11) is -5.83. The summed E-state index contributed by atoms with van der Waals surface area (Å²) in [6.07, 6.45) is -13.2. The normalized spacial score (nSPS) is 21.7. The first-order valence-electron chi connectivity index (χ1n) is 7.67. The topological polar surface area (TPSA) is 107 Å². The van der Waals surface area contributed by atoms with Gasteiger partial charge in [0.2, 0.25) is 0 Å². The standard InChI is InChI=1S/C14H16F6O7S/c1-2-10(21)26-9-5-3-8(4-6-9)11(22)27-12(13(15,16)17,14(18,19)20)7-28(23,24)25/h2,8-9H,1,3-7H2,(H,23,24,25). The van der Waals surface area contributed by atoms with Gasteiger partial charge in [-0.15, -0.1) is 0 Å². The summed E-state index contributed by atoms with van der Waals surface area (Å²) in [5.74, 6) is -7.05. The second kappa shape index (κ2) is 8.27. The molecule has 0 aromatic heterocycles. The zero-order chi connectivity index (χ0) is 22.0. The molecule has 0 aromatic rings. The average Bonchev–Trinajstić information content (AvgIpc) is 2.51. The van der Waals surface area contributed by atoms with E-state index in [4.69, 9.17) is 9.29 Å². The van der Waals surface area contributed by atoms with Crippen molar-refractivity contribution in [3.05, 3.63) is 12.7 Å². The Balaban J connectivity index is 3.03. The quantitative estimate of drug-likeness (QED) is 0.292. The lowest BCUT2D eigenvalue weighted by Crippen LogP contribution is -2.63. The van der Waals surface area contributed by atoms with Crippen LogP contribution in [0.5, 0.6) is 0 Å². The van der Waals surface area contributed by atoms with Crippen molar-refractivity contribution in [3.63, 3.8) is 0 Å². The summed E-state index contributed by atoms with van der Waals surface area (Å²) in [4.78, 5) is 23.0. The fraction of sp³-hybridized carbons (Fsp3) is 0.714. The Labute approximate surface area is 155 Å². The summed E-state index contributed by atoms with van der Waals surface area (Å²) in [5, 5.41) is 0. The predicted octanol–water partition coefficient (Wildman–Crippen LogP) is 2.57. The van der Waals surface area contributed by atoms with Gasteiger partial charge in [-0.3, -0.25) is 9.35 Å². The number of carbonyl (C=O) groups is 2. The van der Waals surface area contributed by atoms with Gasteiger partial charge in [0.1, 0.15) is 11.9 Å². The van der Waals surface area contributed by atoms with Gasteiger partial charge in [-0.05, 0) is 25.7 Å². The first-order valence-corrected chi connectivity index (χ1v) is 9.28. The molecule has 0 aliphatic heterocycles. The fourth-order valence-electron chi connectivity index (χ4n) is 2.61. The Kier molecular flexibility index (Phi) is 7.15. The third kappa shape index (κ3) is 5.83. The molecule has 0 bridgehead atoms. The summed E-state index contributed by atoms with van der Waals surface area (Å²) >= 11 is 0. The molecule has 28 heavy (non-hydrogen) atoms. The van der Waals surface area contributed by atoms with E-state index in [-0.39, 0.29) is 25.7 Å². The number of carbonyl (C=O) groups excluding carboxylic acids is 2. The van der Waals surface area contributed by atoms with Crippen LogP contribution in [-0.2, 0) is 29.2 Å². The molecule has 0 atom stereocenters. The number of rotatable bonds is 6. The molecular formula is C14H16F6O7S. The van der Waals surface area contributed by atoms with Gasteiger partial charge < -0.3 is 9.47 Å². The van der Waals surface area contributed by atoms with Crippen molar-refractivity contribution in [2.75, 3.05) is 5.75 Å². The Morgan fingerprint density at radius 3 is 1.86 bits per heavy atom. The van der Waals surface area contributed by atoms with E-state index in [1.165, 1.54) is 0 Å². The second-order valence-corrected chi connectivity index (χ2v) is 7.54. The highest BCUT2D eigenvalue weighted by Gasteiger charge is 2.76. The molecule has 0 saturated heterocycles. The largest absolute Gasteiger partial charge is 0.459 e. The third-order valence-corrected chi connectivity index (χ3v) is 4.80. The third-order valence-electron chi connectivity index (χ3n) is 4.03. The van der Waals surface area contributed by atoms with E-state index in [0.29, 0.717) is 0 Å². The van der Waals surface area contributed by atoms with Crippen LogP contribution in [-0.4, -0.2) is 54.7 Å². The molecule has 0 spiro atoms. The van der Waals surface area contributed by atoms with Crippen molar-refractivity contribution in [2.24, 2.45) is 5.92 Å². The lowest BCUT2D eigenvalue weighted by atomic mass is 9.87. The lowest BCUT2D eigenvalue weighted by Gasteiger charge is -2.37. The van der Waals surface area contributed by atoms with Gasteiger partial charge >= 0.3 is 29.9 Å². The van der Waals surface area contributed by atoms with Crippen LogP contribution >= 0.6 is 0 Å². The zero-order valence-electron chi connectivity index (χ0n) is 14.0. The Morgan fingerprint density at radius 1 is 1.04 bits per heavy atom. The first-order chi connectivity index (χ1) is 12.5. The molecule has 7 nitrogen and oxygen atoms in total. The van der Waals surface area contributed by atoms with E-state index in [9.17, 15) is 44.3 Å². The molecule has 1 saturated carbocycles. The Morgan fingerprint density at radius 2 is 1.50 bits per heavy atom. The van der Waals surface area contributed by atoms with Crippen LogP contribution in [0, 0.1) is 5.92 Å². The Bertz CT molecular complexity index is 691.